The van der Waals surface area contributed by atoms with Crippen molar-refractivity contribution in [1.82, 2.24) is 10.2 Å². The number of ether oxygens (including phenoxy) is 1. The van der Waals surface area contributed by atoms with E-state index < -0.39 is 0 Å². The first-order chi connectivity index (χ1) is 8.31. The quantitative estimate of drug-likeness (QED) is 0.838. The Morgan fingerprint density at radius 1 is 1.47 bits per heavy atom. The van der Waals surface area contributed by atoms with Crippen LogP contribution in [0.3, 0.4) is 0 Å². The highest BCUT2D eigenvalue weighted by Gasteiger charge is 2.26. The summed E-state index contributed by atoms with van der Waals surface area (Å²) in [6, 6.07) is 10.4. The second-order valence-corrected chi connectivity index (χ2v) is 4.21. The molecule has 1 saturated heterocycles. The minimum Gasteiger partial charge on any atom is -0.453 e. The average Bonchev–Trinajstić information content (AvgIpc) is 2.40. The number of carbonyl (C=O) groups is 1. The van der Waals surface area contributed by atoms with Crippen molar-refractivity contribution in [1.29, 1.82) is 0 Å². The molecular weight excluding hydrogens is 216 g/mol. The monoisotopic (exact) mass is 234 g/mol. The van der Waals surface area contributed by atoms with E-state index in [-0.39, 0.29) is 12.1 Å². The summed E-state index contributed by atoms with van der Waals surface area (Å²) in [5.41, 5.74) is 1.25. The number of piperazine rings is 1. The zero-order valence-electron chi connectivity index (χ0n) is 10.1. The van der Waals surface area contributed by atoms with Crippen molar-refractivity contribution in [3.8, 4) is 0 Å². The number of nitrogens with one attached hydrogen (secondary N) is 1. The van der Waals surface area contributed by atoms with Gasteiger partial charge in [0.25, 0.3) is 0 Å². The van der Waals surface area contributed by atoms with E-state index in [4.69, 9.17) is 4.74 Å². The number of carbonyl (C=O) groups excluding carboxylic acids is 1. The van der Waals surface area contributed by atoms with Crippen molar-refractivity contribution in [2.45, 2.75) is 12.5 Å². The molecule has 1 aromatic carbocycles. The van der Waals surface area contributed by atoms with E-state index in [1.54, 1.807) is 0 Å². The summed E-state index contributed by atoms with van der Waals surface area (Å²) in [7, 11) is 1.43. The standard InChI is InChI=1S/C13H18N2O2/c1-17-13(16)15-8-7-14-10-12(15)9-11-5-3-2-4-6-11/h2-6,12,14H,7-10H2,1H3. The van der Waals surface area contributed by atoms with Crippen molar-refractivity contribution in [2.75, 3.05) is 26.7 Å². The van der Waals surface area contributed by atoms with Gasteiger partial charge in [-0.1, -0.05) is 30.3 Å². The summed E-state index contributed by atoms with van der Waals surface area (Å²) < 4.78 is 4.82. The highest BCUT2D eigenvalue weighted by atomic mass is 16.5. The van der Waals surface area contributed by atoms with Gasteiger partial charge in [0.1, 0.15) is 0 Å². The molecule has 1 heterocycles. The van der Waals surface area contributed by atoms with E-state index >= 15 is 0 Å². The molecule has 1 amide bonds. The maximum absolute atomic E-state index is 11.6. The number of hydrogen-bond donors (Lipinski definition) is 1. The zero-order chi connectivity index (χ0) is 12.1. The Morgan fingerprint density at radius 3 is 2.94 bits per heavy atom. The van der Waals surface area contributed by atoms with Crippen LogP contribution in [-0.2, 0) is 11.2 Å². The van der Waals surface area contributed by atoms with Crippen molar-refractivity contribution in [2.24, 2.45) is 0 Å². The SMILES string of the molecule is COC(=O)N1CCNCC1Cc1ccccc1. The molecule has 0 spiro atoms. The number of hydrogen-bond acceptors (Lipinski definition) is 3. The normalized spacial score (nSPS) is 20.1. The number of methoxy groups -OCH3 is 1. The predicted molar refractivity (Wildman–Crippen MR) is 65.9 cm³/mol. The Labute approximate surface area is 102 Å². The Balaban J connectivity index is 2.04. The minimum absolute atomic E-state index is 0.179. The van der Waals surface area contributed by atoms with Crippen LogP contribution in [0.25, 0.3) is 0 Å². The lowest BCUT2D eigenvalue weighted by molar-refractivity contribution is 0.0945. The largest absolute Gasteiger partial charge is 0.453 e. The lowest BCUT2D eigenvalue weighted by Gasteiger charge is -2.35. The molecule has 1 aromatic rings. The van der Waals surface area contributed by atoms with Gasteiger partial charge < -0.3 is 15.0 Å². The summed E-state index contributed by atoms with van der Waals surface area (Å²) in [5.74, 6) is 0. The summed E-state index contributed by atoms with van der Waals surface area (Å²) in [6.07, 6.45) is 0.635. The number of nitrogens with zero attached hydrogens (tertiary/aromatic N) is 1. The molecule has 1 N–H and O–H groups in total. The summed E-state index contributed by atoms with van der Waals surface area (Å²) in [6.45, 7) is 2.37. The van der Waals surface area contributed by atoms with Gasteiger partial charge in [-0.25, -0.2) is 4.79 Å². The van der Waals surface area contributed by atoms with Crippen LogP contribution < -0.4 is 5.32 Å². The van der Waals surface area contributed by atoms with Gasteiger partial charge in [0.05, 0.1) is 13.2 Å². The molecule has 1 unspecified atom stereocenters. The molecule has 0 saturated carbocycles. The molecule has 1 fully saturated rings. The van der Waals surface area contributed by atoms with Crippen molar-refractivity contribution in [3.05, 3.63) is 35.9 Å². The van der Waals surface area contributed by atoms with E-state index in [0.717, 1.165) is 19.5 Å². The fourth-order valence-electron chi connectivity index (χ4n) is 2.19. The molecule has 4 heteroatoms. The first-order valence-electron chi connectivity index (χ1n) is 5.90. The van der Waals surface area contributed by atoms with E-state index in [2.05, 4.69) is 17.4 Å². The number of benzene rings is 1. The molecule has 2 rings (SSSR count). The first-order valence-corrected chi connectivity index (χ1v) is 5.90. The van der Waals surface area contributed by atoms with E-state index in [1.165, 1.54) is 12.7 Å². The maximum Gasteiger partial charge on any atom is 0.409 e. The zero-order valence-corrected chi connectivity index (χ0v) is 10.1. The van der Waals surface area contributed by atoms with Crippen LogP contribution >= 0.6 is 0 Å². The minimum atomic E-state index is -0.229. The van der Waals surface area contributed by atoms with Gasteiger partial charge in [0.15, 0.2) is 0 Å². The van der Waals surface area contributed by atoms with Crippen LogP contribution in [0.15, 0.2) is 30.3 Å². The number of amides is 1. The molecule has 1 aliphatic heterocycles. The van der Waals surface area contributed by atoms with Crippen LogP contribution in [0.4, 0.5) is 4.79 Å². The second kappa shape index (κ2) is 5.68. The van der Waals surface area contributed by atoms with Gasteiger partial charge >= 0.3 is 6.09 Å². The second-order valence-electron chi connectivity index (χ2n) is 4.21. The van der Waals surface area contributed by atoms with E-state index in [0.29, 0.717) is 6.54 Å². The molecule has 0 bridgehead atoms. The van der Waals surface area contributed by atoms with Gasteiger partial charge in [-0.15, -0.1) is 0 Å². The third-order valence-electron chi connectivity index (χ3n) is 3.07. The Morgan fingerprint density at radius 2 is 2.24 bits per heavy atom. The van der Waals surface area contributed by atoms with Crippen LogP contribution in [0.1, 0.15) is 5.56 Å². The highest BCUT2D eigenvalue weighted by molar-refractivity contribution is 5.68. The average molecular weight is 234 g/mol. The maximum atomic E-state index is 11.6. The highest BCUT2D eigenvalue weighted by Crippen LogP contribution is 2.12. The van der Waals surface area contributed by atoms with Crippen molar-refractivity contribution < 1.29 is 9.53 Å². The summed E-state index contributed by atoms with van der Waals surface area (Å²) >= 11 is 0. The fourth-order valence-corrected chi connectivity index (χ4v) is 2.19. The molecule has 17 heavy (non-hydrogen) atoms. The fraction of sp³-hybridized carbons (Fsp3) is 0.462. The third kappa shape index (κ3) is 2.97. The molecule has 0 aliphatic carbocycles. The van der Waals surface area contributed by atoms with Gasteiger partial charge in [-0.05, 0) is 12.0 Å². The third-order valence-corrected chi connectivity index (χ3v) is 3.07. The molecule has 1 atom stereocenters. The van der Waals surface area contributed by atoms with Crippen molar-refractivity contribution >= 4 is 6.09 Å². The predicted octanol–water partition coefficient (Wildman–Crippen LogP) is 1.27. The lowest BCUT2D eigenvalue weighted by atomic mass is 10.0. The topological polar surface area (TPSA) is 41.6 Å². The molecule has 92 valence electrons. The summed E-state index contributed by atoms with van der Waals surface area (Å²) in [4.78, 5) is 13.5. The smallest absolute Gasteiger partial charge is 0.409 e. The summed E-state index contributed by atoms with van der Waals surface area (Å²) in [5, 5.41) is 3.31. The van der Waals surface area contributed by atoms with Crippen molar-refractivity contribution in [3.63, 3.8) is 0 Å². The van der Waals surface area contributed by atoms with Crippen LogP contribution in [0, 0.1) is 0 Å². The van der Waals surface area contributed by atoms with E-state index in [9.17, 15) is 4.79 Å². The van der Waals surface area contributed by atoms with Gasteiger partial charge in [-0.2, -0.15) is 0 Å². The van der Waals surface area contributed by atoms with Crippen LogP contribution in [-0.4, -0.2) is 43.8 Å². The van der Waals surface area contributed by atoms with Gasteiger partial charge in [0.2, 0.25) is 0 Å². The molecule has 1 aliphatic rings. The van der Waals surface area contributed by atoms with Gasteiger partial charge in [-0.3, -0.25) is 0 Å². The molecular formula is C13H18N2O2. The molecule has 0 aromatic heterocycles. The van der Waals surface area contributed by atoms with Crippen LogP contribution in [0.5, 0.6) is 0 Å². The first kappa shape index (κ1) is 11.9. The van der Waals surface area contributed by atoms with Crippen LogP contribution in [0.2, 0.25) is 0 Å². The molecule has 4 nitrogen and oxygen atoms in total. The number of rotatable bonds is 2. The Bertz CT molecular complexity index is 367. The Kier molecular flexibility index (Phi) is 3.98. The van der Waals surface area contributed by atoms with Gasteiger partial charge in [0, 0.05) is 19.6 Å². The lowest BCUT2D eigenvalue weighted by Crippen LogP contribution is -2.54. The van der Waals surface area contributed by atoms with E-state index in [1.807, 2.05) is 23.1 Å². The molecule has 0 radical (unpaired) electrons. The Hall–Kier alpha value is -1.55.